The summed E-state index contributed by atoms with van der Waals surface area (Å²) in [6.07, 6.45) is 3.39. The third-order valence-electron chi connectivity index (χ3n) is 1.87. The van der Waals surface area contributed by atoms with Gasteiger partial charge in [0.05, 0.1) is 0 Å². The third-order valence-corrected chi connectivity index (χ3v) is 2.84. The van der Waals surface area contributed by atoms with Crippen LogP contribution in [0, 0.1) is 0 Å². The van der Waals surface area contributed by atoms with Gasteiger partial charge >= 0.3 is 0 Å². The van der Waals surface area contributed by atoms with Crippen LogP contribution in [0.5, 0.6) is 0 Å². The maximum Gasteiger partial charge on any atom is 0.224 e. The molecule has 0 aromatic carbocycles. The van der Waals surface area contributed by atoms with Gasteiger partial charge in [-0.1, -0.05) is 0 Å². The minimum atomic E-state index is -0.800. The Bertz CT molecular complexity index is 358. The number of rotatable bonds is 6. The Morgan fingerprint density at radius 1 is 1.56 bits per heavy atom. The minimum Gasteiger partial charge on any atom is -0.367 e. The molecule has 0 saturated carbocycles. The van der Waals surface area contributed by atoms with Crippen LogP contribution in [0.15, 0.2) is 12.3 Å². The maximum absolute atomic E-state index is 11.0. The van der Waals surface area contributed by atoms with Gasteiger partial charge in [0.25, 0.3) is 0 Å². The van der Waals surface area contributed by atoms with Crippen molar-refractivity contribution in [2.45, 2.75) is 19.9 Å². The first-order valence-corrected chi connectivity index (χ1v) is 6.98. The molecule has 1 heterocycles. The summed E-state index contributed by atoms with van der Waals surface area (Å²) < 4.78 is 11.0. The van der Waals surface area contributed by atoms with E-state index in [0.717, 1.165) is 12.4 Å². The molecule has 0 aliphatic carbocycles. The highest BCUT2D eigenvalue weighted by Crippen LogP contribution is 2.07. The summed E-state index contributed by atoms with van der Waals surface area (Å²) in [5.74, 6) is 1.97. The molecule has 0 bridgehead atoms. The second kappa shape index (κ2) is 6.42. The fraction of sp³-hybridized carbons (Fsp3) is 0.600. The standard InChI is InChI=1S/C10H18N4OS/c1-4-11-10-12-6-5-9(14-10)13-8(2)7-16(3)15/h5-6,8H,4,7H2,1-3H3,(H2,11,12,13,14). The van der Waals surface area contributed by atoms with Crippen LogP contribution in [0.2, 0.25) is 0 Å². The molecule has 0 radical (unpaired) electrons. The van der Waals surface area contributed by atoms with E-state index in [4.69, 9.17) is 0 Å². The van der Waals surface area contributed by atoms with Gasteiger partial charge in [0, 0.05) is 41.6 Å². The fourth-order valence-corrected chi connectivity index (χ4v) is 2.12. The molecule has 1 rings (SSSR count). The Labute approximate surface area is 98.5 Å². The molecule has 0 fully saturated rings. The molecule has 90 valence electrons. The summed E-state index contributed by atoms with van der Waals surface area (Å²) in [6.45, 7) is 4.76. The summed E-state index contributed by atoms with van der Waals surface area (Å²) >= 11 is 0. The fourth-order valence-electron chi connectivity index (χ4n) is 1.33. The molecule has 2 unspecified atom stereocenters. The molecular weight excluding hydrogens is 224 g/mol. The number of nitrogens with zero attached hydrogens (tertiary/aromatic N) is 2. The summed E-state index contributed by atoms with van der Waals surface area (Å²) in [5, 5.41) is 6.23. The van der Waals surface area contributed by atoms with Crippen molar-refractivity contribution in [2.75, 3.05) is 29.2 Å². The van der Waals surface area contributed by atoms with Crippen molar-refractivity contribution in [3.05, 3.63) is 12.3 Å². The van der Waals surface area contributed by atoms with E-state index in [1.807, 2.05) is 13.8 Å². The molecule has 2 atom stereocenters. The molecule has 0 aliphatic heterocycles. The molecule has 16 heavy (non-hydrogen) atoms. The molecule has 5 nitrogen and oxygen atoms in total. The molecule has 1 aromatic rings. The zero-order chi connectivity index (χ0) is 12.0. The Morgan fingerprint density at radius 2 is 2.31 bits per heavy atom. The maximum atomic E-state index is 11.0. The van der Waals surface area contributed by atoms with Crippen LogP contribution in [-0.2, 0) is 10.8 Å². The summed E-state index contributed by atoms with van der Waals surface area (Å²) in [7, 11) is -0.800. The zero-order valence-electron chi connectivity index (χ0n) is 9.86. The molecule has 0 spiro atoms. The van der Waals surface area contributed by atoms with Crippen LogP contribution in [0.3, 0.4) is 0 Å². The van der Waals surface area contributed by atoms with Crippen molar-refractivity contribution in [2.24, 2.45) is 0 Å². The monoisotopic (exact) mass is 242 g/mol. The number of hydrogen-bond acceptors (Lipinski definition) is 5. The van der Waals surface area contributed by atoms with E-state index in [0.29, 0.717) is 11.7 Å². The van der Waals surface area contributed by atoms with Crippen molar-refractivity contribution in [1.29, 1.82) is 0 Å². The number of hydrogen-bond donors (Lipinski definition) is 2. The summed E-state index contributed by atoms with van der Waals surface area (Å²) in [6, 6.07) is 1.94. The molecular formula is C10H18N4OS. The number of aromatic nitrogens is 2. The molecule has 2 N–H and O–H groups in total. The van der Waals surface area contributed by atoms with Gasteiger partial charge in [-0.15, -0.1) is 0 Å². The Hall–Kier alpha value is -1.17. The molecule has 0 aliphatic rings. The Morgan fingerprint density at radius 3 is 2.94 bits per heavy atom. The average Bonchev–Trinajstić information content (AvgIpc) is 2.17. The quantitative estimate of drug-likeness (QED) is 0.781. The van der Waals surface area contributed by atoms with E-state index in [1.54, 1.807) is 18.5 Å². The van der Waals surface area contributed by atoms with Crippen molar-refractivity contribution < 1.29 is 4.21 Å². The molecule has 0 amide bonds. The van der Waals surface area contributed by atoms with Crippen LogP contribution >= 0.6 is 0 Å². The first-order chi connectivity index (χ1) is 7.61. The average molecular weight is 242 g/mol. The van der Waals surface area contributed by atoms with Gasteiger partial charge in [-0.2, -0.15) is 4.98 Å². The normalized spacial score (nSPS) is 14.2. The molecule has 0 saturated heterocycles. The van der Waals surface area contributed by atoms with E-state index in [2.05, 4.69) is 20.6 Å². The summed E-state index contributed by atoms with van der Waals surface area (Å²) in [4.78, 5) is 8.35. The predicted octanol–water partition coefficient (Wildman–Crippen LogP) is 1.09. The van der Waals surface area contributed by atoms with E-state index >= 15 is 0 Å². The topological polar surface area (TPSA) is 66.9 Å². The first-order valence-electron chi connectivity index (χ1n) is 5.25. The minimum absolute atomic E-state index is 0.134. The lowest BCUT2D eigenvalue weighted by atomic mass is 10.4. The highest BCUT2D eigenvalue weighted by atomic mass is 32.2. The lowest BCUT2D eigenvalue weighted by Gasteiger charge is -2.13. The van der Waals surface area contributed by atoms with Crippen LogP contribution in [0.4, 0.5) is 11.8 Å². The number of anilines is 2. The summed E-state index contributed by atoms with van der Waals surface area (Å²) in [5.41, 5.74) is 0. The van der Waals surface area contributed by atoms with Crippen molar-refractivity contribution in [3.63, 3.8) is 0 Å². The smallest absolute Gasteiger partial charge is 0.224 e. The van der Waals surface area contributed by atoms with Crippen LogP contribution < -0.4 is 10.6 Å². The second-order valence-electron chi connectivity index (χ2n) is 3.58. The molecule has 6 heteroatoms. The highest BCUT2D eigenvalue weighted by Gasteiger charge is 2.05. The Balaban J connectivity index is 2.59. The van der Waals surface area contributed by atoms with Crippen molar-refractivity contribution in [3.8, 4) is 0 Å². The van der Waals surface area contributed by atoms with Crippen LogP contribution in [0.25, 0.3) is 0 Å². The lowest BCUT2D eigenvalue weighted by molar-refractivity contribution is 0.683. The van der Waals surface area contributed by atoms with E-state index in [1.165, 1.54) is 0 Å². The van der Waals surface area contributed by atoms with Gasteiger partial charge in [-0.25, -0.2) is 4.98 Å². The van der Waals surface area contributed by atoms with E-state index < -0.39 is 10.8 Å². The molecule has 1 aromatic heterocycles. The first kappa shape index (κ1) is 12.9. The van der Waals surface area contributed by atoms with Gasteiger partial charge < -0.3 is 10.6 Å². The second-order valence-corrected chi connectivity index (χ2v) is 5.06. The van der Waals surface area contributed by atoms with Gasteiger partial charge in [-0.05, 0) is 19.9 Å². The van der Waals surface area contributed by atoms with Crippen LogP contribution in [-0.4, -0.2) is 38.8 Å². The highest BCUT2D eigenvalue weighted by molar-refractivity contribution is 7.84. The predicted molar refractivity (Wildman–Crippen MR) is 68.2 cm³/mol. The zero-order valence-corrected chi connectivity index (χ0v) is 10.7. The van der Waals surface area contributed by atoms with Gasteiger partial charge in [0.15, 0.2) is 0 Å². The van der Waals surface area contributed by atoms with Gasteiger partial charge in [0.1, 0.15) is 5.82 Å². The number of nitrogens with one attached hydrogen (secondary N) is 2. The van der Waals surface area contributed by atoms with Crippen LogP contribution in [0.1, 0.15) is 13.8 Å². The Kier molecular flexibility index (Phi) is 5.18. The SMILES string of the molecule is CCNc1nccc(NC(C)CS(C)=O)n1. The van der Waals surface area contributed by atoms with E-state index in [-0.39, 0.29) is 6.04 Å². The van der Waals surface area contributed by atoms with E-state index in [9.17, 15) is 4.21 Å². The lowest BCUT2D eigenvalue weighted by Crippen LogP contribution is -2.23. The van der Waals surface area contributed by atoms with Gasteiger partial charge in [0.2, 0.25) is 5.95 Å². The van der Waals surface area contributed by atoms with Gasteiger partial charge in [-0.3, -0.25) is 4.21 Å². The third kappa shape index (κ3) is 4.57. The largest absolute Gasteiger partial charge is 0.367 e. The van der Waals surface area contributed by atoms with Crippen molar-refractivity contribution >= 4 is 22.6 Å². The van der Waals surface area contributed by atoms with Crippen molar-refractivity contribution in [1.82, 2.24) is 9.97 Å².